The fraction of sp³-hybridized carbons (Fsp3) is 0.625. The quantitative estimate of drug-likeness (QED) is 0.624. The van der Waals surface area contributed by atoms with Gasteiger partial charge in [0.1, 0.15) is 11.8 Å². The highest BCUT2D eigenvalue weighted by molar-refractivity contribution is 4.69. The van der Waals surface area contributed by atoms with E-state index in [4.69, 9.17) is 0 Å². The van der Waals surface area contributed by atoms with Crippen molar-refractivity contribution >= 4 is 0 Å². The molecular formula is C8H16N4. The summed E-state index contributed by atoms with van der Waals surface area (Å²) in [5.41, 5.74) is 0.859. The van der Waals surface area contributed by atoms with Crippen LogP contribution in [-0.2, 0) is 6.54 Å². The lowest BCUT2D eigenvalue weighted by atomic mass is 10.6. The smallest absolute Gasteiger partial charge is 0.149 e. The van der Waals surface area contributed by atoms with Crippen LogP contribution in [0.4, 0.5) is 0 Å². The molecule has 1 aromatic heterocycles. The van der Waals surface area contributed by atoms with Crippen LogP contribution in [0.15, 0.2) is 17.5 Å². The standard InChI is InChI=1S/C6H10N4.C2H6/c1-3-10-5-9-8-4-6(10)7-2;1-2/h4-5H,3H2,1-2H3;1-2H3. The van der Waals surface area contributed by atoms with Crippen LogP contribution in [0.2, 0.25) is 0 Å². The van der Waals surface area contributed by atoms with Crippen molar-refractivity contribution in [1.29, 1.82) is 0 Å². The van der Waals surface area contributed by atoms with Gasteiger partial charge in [0.15, 0.2) is 0 Å². The second kappa shape index (κ2) is 6.52. The van der Waals surface area contributed by atoms with E-state index in [1.807, 2.05) is 25.3 Å². The SMILES string of the molecule is CC.CCn1cnncc1=NC. The molecular weight excluding hydrogens is 152 g/mol. The molecule has 4 nitrogen and oxygen atoms in total. The van der Waals surface area contributed by atoms with Gasteiger partial charge in [-0.05, 0) is 6.92 Å². The van der Waals surface area contributed by atoms with E-state index < -0.39 is 0 Å². The molecule has 1 aromatic rings. The van der Waals surface area contributed by atoms with E-state index in [1.54, 1.807) is 19.6 Å². The van der Waals surface area contributed by atoms with Gasteiger partial charge in [0.05, 0.1) is 6.20 Å². The lowest BCUT2D eigenvalue weighted by Crippen LogP contribution is -2.20. The zero-order valence-electron chi connectivity index (χ0n) is 8.15. The molecule has 0 unspecified atom stereocenters. The van der Waals surface area contributed by atoms with Crippen LogP contribution in [0.25, 0.3) is 0 Å². The van der Waals surface area contributed by atoms with E-state index in [-0.39, 0.29) is 0 Å². The Morgan fingerprint density at radius 1 is 1.42 bits per heavy atom. The van der Waals surface area contributed by atoms with Crippen molar-refractivity contribution in [2.24, 2.45) is 4.99 Å². The molecule has 0 spiro atoms. The molecule has 0 aliphatic rings. The Morgan fingerprint density at radius 3 is 2.50 bits per heavy atom. The summed E-state index contributed by atoms with van der Waals surface area (Å²) in [6.07, 6.45) is 3.31. The molecule has 0 radical (unpaired) electrons. The molecule has 68 valence electrons. The first-order chi connectivity index (χ1) is 5.88. The normalized spacial score (nSPS) is 10.5. The second-order valence-corrected chi connectivity index (χ2v) is 1.84. The van der Waals surface area contributed by atoms with Crippen LogP contribution in [0.1, 0.15) is 20.8 Å². The molecule has 0 aliphatic heterocycles. The summed E-state index contributed by atoms with van der Waals surface area (Å²) < 4.78 is 1.92. The Balaban J connectivity index is 0.000000561. The Kier molecular flexibility index (Phi) is 5.87. The molecule has 0 aliphatic carbocycles. The topological polar surface area (TPSA) is 43.1 Å². The zero-order valence-corrected chi connectivity index (χ0v) is 8.15. The van der Waals surface area contributed by atoms with Gasteiger partial charge in [0.25, 0.3) is 0 Å². The molecule has 0 saturated heterocycles. The van der Waals surface area contributed by atoms with Crippen LogP contribution in [0, 0.1) is 0 Å². The maximum atomic E-state index is 4.00. The van der Waals surface area contributed by atoms with E-state index in [9.17, 15) is 0 Å². The minimum atomic E-state index is 0.859. The molecule has 0 fully saturated rings. The van der Waals surface area contributed by atoms with Gasteiger partial charge in [-0.25, -0.2) is 0 Å². The third kappa shape index (κ3) is 2.82. The highest BCUT2D eigenvalue weighted by Crippen LogP contribution is 1.71. The second-order valence-electron chi connectivity index (χ2n) is 1.84. The highest BCUT2D eigenvalue weighted by Gasteiger charge is 1.85. The number of aromatic nitrogens is 3. The van der Waals surface area contributed by atoms with E-state index in [2.05, 4.69) is 15.2 Å². The largest absolute Gasteiger partial charge is 0.315 e. The van der Waals surface area contributed by atoms with Gasteiger partial charge in [-0.3, -0.25) is 4.99 Å². The summed E-state index contributed by atoms with van der Waals surface area (Å²) >= 11 is 0. The van der Waals surface area contributed by atoms with Crippen molar-refractivity contribution in [3.63, 3.8) is 0 Å². The molecule has 12 heavy (non-hydrogen) atoms. The number of nitrogens with zero attached hydrogens (tertiary/aromatic N) is 4. The van der Waals surface area contributed by atoms with Gasteiger partial charge >= 0.3 is 0 Å². The monoisotopic (exact) mass is 168 g/mol. The molecule has 1 rings (SSSR count). The van der Waals surface area contributed by atoms with Crippen LogP contribution in [0.5, 0.6) is 0 Å². The van der Waals surface area contributed by atoms with Gasteiger partial charge in [0, 0.05) is 13.6 Å². The summed E-state index contributed by atoms with van der Waals surface area (Å²) in [7, 11) is 1.74. The average molecular weight is 168 g/mol. The van der Waals surface area contributed by atoms with Crippen LogP contribution >= 0.6 is 0 Å². The number of hydrogen-bond donors (Lipinski definition) is 0. The predicted molar refractivity (Wildman–Crippen MR) is 48.5 cm³/mol. The van der Waals surface area contributed by atoms with Crippen LogP contribution in [0.3, 0.4) is 0 Å². The van der Waals surface area contributed by atoms with Gasteiger partial charge in [-0.1, -0.05) is 13.8 Å². The maximum absolute atomic E-state index is 4.00. The van der Waals surface area contributed by atoms with Crippen molar-refractivity contribution in [1.82, 2.24) is 14.8 Å². The minimum Gasteiger partial charge on any atom is -0.315 e. The maximum Gasteiger partial charge on any atom is 0.149 e. The molecule has 0 bridgehead atoms. The Labute approximate surface area is 73.0 Å². The summed E-state index contributed by atoms with van der Waals surface area (Å²) in [5, 5.41) is 7.42. The molecule has 0 N–H and O–H groups in total. The van der Waals surface area contributed by atoms with Gasteiger partial charge in [-0.2, -0.15) is 5.10 Å². The molecule has 0 atom stereocenters. The Hall–Kier alpha value is -1.19. The summed E-state index contributed by atoms with van der Waals surface area (Å²) in [5.74, 6) is 0. The van der Waals surface area contributed by atoms with E-state index in [0.717, 1.165) is 12.0 Å². The zero-order chi connectivity index (χ0) is 9.40. The van der Waals surface area contributed by atoms with Crippen molar-refractivity contribution in [2.45, 2.75) is 27.3 Å². The average Bonchev–Trinajstić information content (AvgIpc) is 2.20. The Morgan fingerprint density at radius 2 is 2.08 bits per heavy atom. The number of rotatable bonds is 1. The minimum absolute atomic E-state index is 0.859. The van der Waals surface area contributed by atoms with E-state index in [0.29, 0.717) is 0 Å². The van der Waals surface area contributed by atoms with Crippen molar-refractivity contribution in [2.75, 3.05) is 7.05 Å². The van der Waals surface area contributed by atoms with Crippen molar-refractivity contribution in [3.8, 4) is 0 Å². The first-order valence-electron chi connectivity index (χ1n) is 4.18. The lowest BCUT2D eigenvalue weighted by Gasteiger charge is -1.98. The fourth-order valence-electron chi connectivity index (χ4n) is 0.740. The van der Waals surface area contributed by atoms with Gasteiger partial charge in [0.2, 0.25) is 0 Å². The third-order valence-electron chi connectivity index (χ3n) is 1.29. The van der Waals surface area contributed by atoms with Crippen LogP contribution in [-0.4, -0.2) is 21.8 Å². The van der Waals surface area contributed by atoms with E-state index >= 15 is 0 Å². The summed E-state index contributed by atoms with van der Waals surface area (Å²) in [6, 6.07) is 0. The first kappa shape index (κ1) is 10.8. The molecule has 0 amide bonds. The molecule has 1 heterocycles. The van der Waals surface area contributed by atoms with Gasteiger partial charge < -0.3 is 4.57 Å². The predicted octanol–water partition coefficient (Wildman–Crippen LogP) is 0.855. The van der Waals surface area contributed by atoms with Gasteiger partial charge in [-0.15, -0.1) is 5.10 Å². The van der Waals surface area contributed by atoms with Crippen molar-refractivity contribution in [3.05, 3.63) is 18.0 Å². The summed E-state index contributed by atoms with van der Waals surface area (Å²) in [4.78, 5) is 4.00. The lowest BCUT2D eigenvalue weighted by molar-refractivity contribution is 0.665. The molecule has 0 saturated carbocycles. The van der Waals surface area contributed by atoms with E-state index in [1.165, 1.54) is 0 Å². The summed E-state index contributed by atoms with van der Waals surface area (Å²) in [6.45, 7) is 6.92. The number of hydrogen-bond acceptors (Lipinski definition) is 3. The number of aryl methyl sites for hydroxylation is 1. The van der Waals surface area contributed by atoms with Crippen LogP contribution < -0.4 is 5.49 Å². The first-order valence-corrected chi connectivity index (χ1v) is 4.18. The molecule has 4 heteroatoms. The van der Waals surface area contributed by atoms with Crippen molar-refractivity contribution < 1.29 is 0 Å². The third-order valence-corrected chi connectivity index (χ3v) is 1.29. The highest BCUT2D eigenvalue weighted by atomic mass is 15.2. The fourth-order valence-corrected chi connectivity index (χ4v) is 0.740. The molecule has 0 aromatic carbocycles. The Bertz CT molecular complexity index is 264.